The Morgan fingerprint density at radius 3 is 2.54 bits per heavy atom. The summed E-state index contributed by atoms with van der Waals surface area (Å²) in [6, 6.07) is 10.5. The molecule has 5 nitrogen and oxygen atoms in total. The van der Waals surface area contributed by atoms with Gasteiger partial charge in [-0.15, -0.1) is 0 Å². The number of rotatable bonds is 9. The van der Waals surface area contributed by atoms with Crippen LogP contribution in [0.25, 0.3) is 11.1 Å². The fourth-order valence-electron chi connectivity index (χ4n) is 4.83. The van der Waals surface area contributed by atoms with Crippen molar-refractivity contribution in [2.24, 2.45) is 11.7 Å². The van der Waals surface area contributed by atoms with Gasteiger partial charge < -0.3 is 16.2 Å². The number of hydrogen-bond donors (Lipinski definition) is 3. The Kier molecular flexibility index (Phi) is 7.66. The highest BCUT2D eigenvalue weighted by molar-refractivity contribution is 5.97. The molecule has 1 aliphatic rings. The summed E-state index contributed by atoms with van der Waals surface area (Å²) in [6.07, 6.45) is -2.50. The number of primary amides is 1. The summed E-state index contributed by atoms with van der Waals surface area (Å²) in [7, 11) is 0. The van der Waals surface area contributed by atoms with E-state index in [0.29, 0.717) is 16.7 Å². The minimum Gasteiger partial charge on any atom is -0.392 e. The highest BCUT2D eigenvalue weighted by Gasteiger charge is 2.39. The number of carbonyl (C=O) groups excluding carboxylic acids is 1. The Labute approximate surface area is 212 Å². The van der Waals surface area contributed by atoms with Crippen LogP contribution in [0.15, 0.2) is 48.7 Å². The van der Waals surface area contributed by atoms with E-state index in [2.05, 4.69) is 10.3 Å². The first-order valence-corrected chi connectivity index (χ1v) is 12.1. The van der Waals surface area contributed by atoms with E-state index in [9.17, 15) is 27.5 Å². The van der Waals surface area contributed by atoms with Crippen LogP contribution in [0.3, 0.4) is 0 Å². The van der Waals surface area contributed by atoms with Gasteiger partial charge in [0.15, 0.2) is 5.69 Å². The molecule has 2 atom stereocenters. The Bertz CT molecular complexity index is 1300. The summed E-state index contributed by atoms with van der Waals surface area (Å²) in [4.78, 5) is 16.3. The SMILES string of the molecule is Cc1cc([C@@H](c2c(CNC[C@H](C)O)cc(-c3cccnc3C(F)(F)F)cc2C(N)=O)C2CC2)ccc1F. The molecule has 4 N–H and O–H groups in total. The predicted molar refractivity (Wildman–Crippen MR) is 132 cm³/mol. The molecule has 4 rings (SSSR count). The van der Waals surface area contributed by atoms with E-state index in [4.69, 9.17) is 5.73 Å². The average Bonchev–Trinajstić information content (AvgIpc) is 3.66. The van der Waals surface area contributed by atoms with Crippen LogP contribution >= 0.6 is 0 Å². The van der Waals surface area contributed by atoms with Gasteiger partial charge in [-0.05, 0) is 84.7 Å². The summed E-state index contributed by atoms with van der Waals surface area (Å²) in [5, 5.41) is 12.9. The minimum absolute atomic E-state index is 0.113. The molecule has 0 radical (unpaired) electrons. The first kappa shape index (κ1) is 26.8. The first-order chi connectivity index (χ1) is 17.5. The van der Waals surface area contributed by atoms with E-state index in [0.717, 1.165) is 24.6 Å². The second-order valence-electron chi connectivity index (χ2n) is 9.66. The molecule has 1 saturated carbocycles. The molecule has 1 heterocycles. The molecule has 1 aliphatic carbocycles. The zero-order valence-electron chi connectivity index (χ0n) is 20.6. The summed E-state index contributed by atoms with van der Waals surface area (Å²) in [5.41, 5.74) is 7.34. The number of aliphatic hydroxyl groups is 1. The molecular formula is C28H29F4N3O2. The normalized spacial score (nSPS) is 15.4. The molecule has 2 aromatic carbocycles. The van der Waals surface area contributed by atoms with Gasteiger partial charge >= 0.3 is 6.18 Å². The number of nitrogens with one attached hydrogen (secondary N) is 1. The number of nitrogens with two attached hydrogens (primary N) is 1. The predicted octanol–water partition coefficient (Wildman–Crippen LogP) is 5.33. The number of aromatic nitrogens is 1. The lowest BCUT2D eigenvalue weighted by molar-refractivity contribution is -0.140. The zero-order valence-corrected chi connectivity index (χ0v) is 20.6. The highest BCUT2D eigenvalue weighted by atomic mass is 19.4. The van der Waals surface area contributed by atoms with Gasteiger partial charge in [0, 0.05) is 36.3 Å². The second kappa shape index (κ2) is 10.6. The van der Waals surface area contributed by atoms with Crippen LogP contribution in [-0.4, -0.2) is 28.6 Å². The second-order valence-corrected chi connectivity index (χ2v) is 9.66. The molecule has 3 aromatic rings. The molecule has 0 spiro atoms. The molecule has 196 valence electrons. The van der Waals surface area contributed by atoms with Crippen molar-refractivity contribution in [1.82, 2.24) is 10.3 Å². The number of benzene rings is 2. The third-order valence-corrected chi connectivity index (χ3v) is 6.62. The lowest BCUT2D eigenvalue weighted by Gasteiger charge is -2.26. The lowest BCUT2D eigenvalue weighted by atomic mass is 9.79. The summed E-state index contributed by atoms with van der Waals surface area (Å²) >= 11 is 0. The van der Waals surface area contributed by atoms with Crippen molar-refractivity contribution in [2.75, 3.05) is 6.54 Å². The summed E-state index contributed by atoms with van der Waals surface area (Å²) in [6.45, 7) is 3.69. The van der Waals surface area contributed by atoms with Gasteiger partial charge in [0.1, 0.15) is 5.82 Å². The highest BCUT2D eigenvalue weighted by Crippen LogP contribution is 2.49. The number of amides is 1. The van der Waals surface area contributed by atoms with Gasteiger partial charge in [-0.2, -0.15) is 13.2 Å². The van der Waals surface area contributed by atoms with E-state index in [1.54, 1.807) is 32.0 Å². The van der Waals surface area contributed by atoms with E-state index in [1.165, 1.54) is 24.3 Å². The molecule has 0 saturated heterocycles. The van der Waals surface area contributed by atoms with Gasteiger partial charge in [-0.1, -0.05) is 18.2 Å². The lowest BCUT2D eigenvalue weighted by Crippen LogP contribution is -2.26. The number of nitrogens with zero attached hydrogens (tertiary/aromatic N) is 1. The van der Waals surface area contributed by atoms with Crippen molar-refractivity contribution >= 4 is 5.91 Å². The third kappa shape index (κ3) is 5.99. The molecule has 37 heavy (non-hydrogen) atoms. The maximum atomic E-state index is 14.1. The van der Waals surface area contributed by atoms with Crippen LogP contribution in [-0.2, 0) is 12.7 Å². The van der Waals surface area contributed by atoms with Crippen LogP contribution in [0, 0.1) is 18.7 Å². The van der Waals surface area contributed by atoms with Gasteiger partial charge in [0.2, 0.25) is 5.91 Å². The first-order valence-electron chi connectivity index (χ1n) is 12.1. The average molecular weight is 516 g/mol. The van der Waals surface area contributed by atoms with Crippen LogP contribution in [0.1, 0.15) is 64.0 Å². The maximum absolute atomic E-state index is 14.1. The minimum atomic E-state index is -4.70. The maximum Gasteiger partial charge on any atom is 0.433 e. The fraction of sp³-hybridized carbons (Fsp3) is 0.357. The molecule has 1 aromatic heterocycles. The van der Waals surface area contributed by atoms with Crippen LogP contribution in [0.5, 0.6) is 0 Å². The zero-order chi connectivity index (χ0) is 26.9. The fourth-order valence-corrected chi connectivity index (χ4v) is 4.83. The monoisotopic (exact) mass is 515 g/mol. The van der Waals surface area contributed by atoms with Crippen molar-refractivity contribution in [3.8, 4) is 11.1 Å². The van der Waals surface area contributed by atoms with Crippen molar-refractivity contribution < 1.29 is 27.5 Å². The summed E-state index contributed by atoms with van der Waals surface area (Å²) in [5.74, 6) is -1.24. The number of halogens is 4. The van der Waals surface area contributed by atoms with Gasteiger partial charge in [-0.25, -0.2) is 4.39 Å². The number of aryl methyl sites for hydroxylation is 1. The molecule has 0 bridgehead atoms. The molecule has 0 unspecified atom stereocenters. The van der Waals surface area contributed by atoms with Crippen LogP contribution in [0.4, 0.5) is 17.6 Å². The number of carbonyl (C=O) groups is 1. The van der Waals surface area contributed by atoms with Crippen LogP contribution < -0.4 is 11.1 Å². The molecule has 1 amide bonds. The van der Waals surface area contributed by atoms with Crippen molar-refractivity contribution in [2.45, 2.75) is 51.4 Å². The molecule has 1 fully saturated rings. The number of alkyl halides is 3. The molecule has 0 aliphatic heterocycles. The van der Waals surface area contributed by atoms with E-state index >= 15 is 0 Å². The Hall–Kier alpha value is -3.30. The number of aliphatic hydroxyl groups excluding tert-OH is 1. The quantitative estimate of drug-likeness (QED) is 0.337. The smallest absolute Gasteiger partial charge is 0.392 e. The van der Waals surface area contributed by atoms with Gasteiger partial charge in [0.25, 0.3) is 0 Å². The third-order valence-electron chi connectivity index (χ3n) is 6.62. The largest absolute Gasteiger partial charge is 0.433 e. The molecular weight excluding hydrogens is 486 g/mol. The Morgan fingerprint density at radius 2 is 1.95 bits per heavy atom. The van der Waals surface area contributed by atoms with Crippen molar-refractivity contribution in [3.63, 3.8) is 0 Å². The molecule has 9 heteroatoms. The van der Waals surface area contributed by atoms with E-state index in [-0.39, 0.29) is 47.4 Å². The Balaban J connectivity index is 1.95. The van der Waals surface area contributed by atoms with Crippen LogP contribution in [0.2, 0.25) is 0 Å². The van der Waals surface area contributed by atoms with Crippen molar-refractivity contribution in [3.05, 3.63) is 88.0 Å². The number of hydrogen-bond acceptors (Lipinski definition) is 4. The van der Waals surface area contributed by atoms with E-state index < -0.39 is 23.9 Å². The standard InChI is InChI=1S/C28H29F4N3O2/c1-15-10-18(7-8-23(15)29)24(17-5-6-17)25-20(14-34-13-16(2)36)11-19(12-22(25)27(33)37)21-4-3-9-35-26(21)28(30,31)32/h3-4,7-12,16-17,24,34,36H,5-6,13-14H2,1-2H3,(H2,33,37)/t16-,24-/m0/s1. The Morgan fingerprint density at radius 1 is 1.22 bits per heavy atom. The summed E-state index contributed by atoms with van der Waals surface area (Å²) < 4.78 is 55.4. The van der Waals surface area contributed by atoms with Crippen molar-refractivity contribution in [1.29, 1.82) is 0 Å². The van der Waals surface area contributed by atoms with E-state index in [1.807, 2.05) is 0 Å². The topological polar surface area (TPSA) is 88.2 Å². The van der Waals surface area contributed by atoms with Gasteiger partial charge in [-0.3, -0.25) is 9.78 Å². The van der Waals surface area contributed by atoms with Gasteiger partial charge in [0.05, 0.1) is 6.10 Å². The number of pyridine rings is 1.